The second kappa shape index (κ2) is 6.25. The van der Waals surface area contributed by atoms with E-state index in [0.29, 0.717) is 10.6 Å². The van der Waals surface area contributed by atoms with E-state index in [1.807, 2.05) is 0 Å². The summed E-state index contributed by atoms with van der Waals surface area (Å²) in [5.41, 5.74) is 3.42. The van der Waals surface area contributed by atoms with Gasteiger partial charge in [0.05, 0.1) is 10.4 Å². The van der Waals surface area contributed by atoms with Crippen LogP contribution in [0.25, 0.3) is 10.9 Å². The Hall–Kier alpha value is -2.11. The van der Waals surface area contributed by atoms with Crippen LogP contribution in [0.1, 0.15) is 34.5 Å². The first-order valence-electron chi connectivity index (χ1n) is 8.53. The molecule has 1 heterocycles. The van der Waals surface area contributed by atoms with Crippen LogP contribution in [0.2, 0.25) is 5.02 Å². The minimum absolute atomic E-state index is 0.109. The second-order valence-corrected chi connectivity index (χ2v) is 9.18. The van der Waals surface area contributed by atoms with Gasteiger partial charge in [-0.15, -0.1) is 0 Å². The molecule has 26 heavy (non-hydrogen) atoms. The van der Waals surface area contributed by atoms with E-state index in [2.05, 4.69) is 0 Å². The van der Waals surface area contributed by atoms with Crippen molar-refractivity contribution < 1.29 is 13.2 Å². The average Bonchev–Trinajstić information content (AvgIpc) is 2.95. The zero-order valence-electron chi connectivity index (χ0n) is 14.3. The Labute approximate surface area is 157 Å². The summed E-state index contributed by atoms with van der Waals surface area (Å²) in [4.78, 5) is 13.5. The van der Waals surface area contributed by atoms with Crippen molar-refractivity contribution in [2.45, 2.75) is 30.6 Å². The SMILES string of the molecule is CS(=O)(=O)c1ccc2c(c1)c1c(n2C(=O)c2ccc(Cl)cc2)CCCC1. The van der Waals surface area contributed by atoms with Crippen molar-refractivity contribution in [2.24, 2.45) is 0 Å². The van der Waals surface area contributed by atoms with Gasteiger partial charge < -0.3 is 0 Å². The number of hydrogen-bond donors (Lipinski definition) is 0. The Morgan fingerprint density at radius 3 is 2.42 bits per heavy atom. The lowest BCUT2D eigenvalue weighted by atomic mass is 9.95. The molecule has 0 radical (unpaired) electrons. The van der Waals surface area contributed by atoms with Crippen molar-refractivity contribution in [3.8, 4) is 0 Å². The molecule has 0 saturated heterocycles. The fourth-order valence-electron chi connectivity index (χ4n) is 3.71. The summed E-state index contributed by atoms with van der Waals surface area (Å²) in [6.07, 6.45) is 4.95. The highest BCUT2D eigenvalue weighted by atomic mass is 35.5. The maximum atomic E-state index is 13.2. The molecule has 0 aliphatic heterocycles. The van der Waals surface area contributed by atoms with E-state index in [1.54, 1.807) is 47.0 Å². The molecule has 0 saturated carbocycles. The number of sulfone groups is 1. The van der Waals surface area contributed by atoms with Crippen LogP contribution in [0, 0.1) is 0 Å². The lowest BCUT2D eigenvalue weighted by Gasteiger charge is -2.15. The van der Waals surface area contributed by atoms with Crippen molar-refractivity contribution in [1.29, 1.82) is 0 Å². The molecule has 0 unspecified atom stereocenters. The van der Waals surface area contributed by atoms with Gasteiger partial charge in [0.25, 0.3) is 5.91 Å². The largest absolute Gasteiger partial charge is 0.280 e. The van der Waals surface area contributed by atoms with Crippen LogP contribution < -0.4 is 0 Å². The molecule has 4 rings (SSSR count). The molecule has 1 aliphatic carbocycles. The predicted molar refractivity (Wildman–Crippen MR) is 103 cm³/mol. The highest BCUT2D eigenvalue weighted by Gasteiger charge is 2.25. The van der Waals surface area contributed by atoms with Crippen LogP contribution in [0.15, 0.2) is 47.4 Å². The zero-order valence-corrected chi connectivity index (χ0v) is 15.9. The Balaban J connectivity index is 1.97. The molecular formula is C20H18ClNO3S. The molecule has 6 heteroatoms. The third-order valence-corrected chi connectivity index (χ3v) is 6.33. The van der Waals surface area contributed by atoms with Crippen LogP contribution in [0.4, 0.5) is 0 Å². The number of halogens is 1. The molecule has 1 aliphatic rings. The molecule has 0 fully saturated rings. The fourth-order valence-corrected chi connectivity index (χ4v) is 4.48. The number of fused-ring (bicyclic) bond motifs is 3. The fraction of sp³-hybridized carbons (Fsp3) is 0.250. The Kier molecular flexibility index (Phi) is 4.16. The van der Waals surface area contributed by atoms with E-state index >= 15 is 0 Å². The number of aromatic nitrogens is 1. The van der Waals surface area contributed by atoms with Crippen LogP contribution in [0.3, 0.4) is 0 Å². The van der Waals surface area contributed by atoms with E-state index in [1.165, 1.54) is 6.26 Å². The summed E-state index contributed by atoms with van der Waals surface area (Å²) in [7, 11) is -3.30. The van der Waals surface area contributed by atoms with Crippen LogP contribution in [0.5, 0.6) is 0 Å². The Bertz CT molecular complexity index is 1130. The molecule has 0 atom stereocenters. The van der Waals surface area contributed by atoms with Gasteiger partial charge in [-0.1, -0.05) is 11.6 Å². The number of aryl methyl sites for hydroxylation is 1. The normalized spacial score (nSPS) is 14.4. The molecule has 0 amide bonds. The molecule has 1 aromatic heterocycles. The molecule has 3 aromatic rings. The lowest BCUT2D eigenvalue weighted by Crippen LogP contribution is -2.17. The predicted octanol–water partition coefficient (Wildman–Crippen LogP) is 4.27. The molecule has 4 nitrogen and oxygen atoms in total. The minimum atomic E-state index is -3.30. The van der Waals surface area contributed by atoms with Gasteiger partial charge in [0.2, 0.25) is 0 Å². The number of benzene rings is 2. The molecular weight excluding hydrogens is 370 g/mol. The summed E-state index contributed by atoms with van der Waals surface area (Å²) in [6, 6.07) is 11.9. The van der Waals surface area contributed by atoms with Crippen molar-refractivity contribution in [3.63, 3.8) is 0 Å². The first-order valence-corrected chi connectivity index (χ1v) is 10.8. The highest BCUT2D eigenvalue weighted by Crippen LogP contribution is 2.34. The van der Waals surface area contributed by atoms with Gasteiger partial charge in [0.15, 0.2) is 9.84 Å². The van der Waals surface area contributed by atoms with E-state index in [0.717, 1.165) is 47.8 Å². The maximum absolute atomic E-state index is 13.2. The Morgan fingerprint density at radius 2 is 1.73 bits per heavy atom. The van der Waals surface area contributed by atoms with Gasteiger partial charge in [-0.2, -0.15) is 0 Å². The maximum Gasteiger partial charge on any atom is 0.262 e. The molecule has 0 bridgehead atoms. The van der Waals surface area contributed by atoms with E-state index in [9.17, 15) is 13.2 Å². The summed E-state index contributed by atoms with van der Waals surface area (Å²) >= 11 is 5.94. The van der Waals surface area contributed by atoms with Gasteiger partial charge >= 0.3 is 0 Å². The first kappa shape index (κ1) is 17.3. The average molecular weight is 388 g/mol. The van der Waals surface area contributed by atoms with Crippen molar-refractivity contribution >= 4 is 38.2 Å². The number of carbonyl (C=O) groups excluding carboxylic acids is 1. The standard InChI is InChI=1S/C20H18ClNO3S/c1-26(24,25)15-10-11-19-17(12-15)16-4-2-3-5-18(16)22(19)20(23)13-6-8-14(21)9-7-13/h6-12H,2-5H2,1H3. The third-order valence-electron chi connectivity index (χ3n) is 4.97. The summed E-state index contributed by atoms with van der Waals surface area (Å²) in [6.45, 7) is 0. The van der Waals surface area contributed by atoms with E-state index < -0.39 is 9.84 Å². The number of carbonyl (C=O) groups is 1. The topological polar surface area (TPSA) is 56.1 Å². The number of rotatable bonds is 2. The number of nitrogens with zero attached hydrogens (tertiary/aromatic N) is 1. The van der Waals surface area contributed by atoms with Crippen LogP contribution in [-0.4, -0.2) is 25.1 Å². The monoisotopic (exact) mass is 387 g/mol. The lowest BCUT2D eigenvalue weighted by molar-refractivity contribution is 0.0961. The van der Waals surface area contributed by atoms with E-state index in [-0.39, 0.29) is 10.8 Å². The van der Waals surface area contributed by atoms with Gasteiger partial charge in [0, 0.05) is 27.9 Å². The summed E-state index contributed by atoms with van der Waals surface area (Å²) < 4.78 is 25.7. The van der Waals surface area contributed by atoms with Crippen molar-refractivity contribution in [2.75, 3.05) is 6.26 Å². The van der Waals surface area contributed by atoms with Gasteiger partial charge in [0.1, 0.15) is 0 Å². The van der Waals surface area contributed by atoms with Crippen LogP contribution >= 0.6 is 11.6 Å². The zero-order chi connectivity index (χ0) is 18.5. The van der Waals surface area contributed by atoms with Gasteiger partial charge in [-0.25, -0.2) is 8.42 Å². The smallest absolute Gasteiger partial charge is 0.262 e. The first-order chi connectivity index (χ1) is 12.4. The van der Waals surface area contributed by atoms with Gasteiger partial charge in [-0.3, -0.25) is 9.36 Å². The summed E-state index contributed by atoms with van der Waals surface area (Å²) in [5.74, 6) is -0.109. The highest BCUT2D eigenvalue weighted by molar-refractivity contribution is 7.90. The molecule has 0 spiro atoms. The Morgan fingerprint density at radius 1 is 1.04 bits per heavy atom. The molecule has 134 valence electrons. The van der Waals surface area contributed by atoms with Crippen molar-refractivity contribution in [3.05, 3.63) is 64.3 Å². The molecule has 0 N–H and O–H groups in total. The second-order valence-electron chi connectivity index (χ2n) is 6.73. The quantitative estimate of drug-likeness (QED) is 0.660. The van der Waals surface area contributed by atoms with Crippen molar-refractivity contribution in [1.82, 2.24) is 4.57 Å². The summed E-state index contributed by atoms with van der Waals surface area (Å²) in [5, 5.41) is 1.45. The van der Waals surface area contributed by atoms with Crippen LogP contribution in [-0.2, 0) is 22.7 Å². The number of hydrogen-bond acceptors (Lipinski definition) is 3. The molecule has 2 aromatic carbocycles. The van der Waals surface area contributed by atoms with Gasteiger partial charge in [-0.05, 0) is 73.7 Å². The minimum Gasteiger partial charge on any atom is -0.280 e. The third kappa shape index (κ3) is 2.85. The van der Waals surface area contributed by atoms with E-state index in [4.69, 9.17) is 11.6 Å².